The molecule has 1 unspecified atom stereocenters. The second-order valence-electron chi connectivity index (χ2n) is 15.7. The van der Waals surface area contributed by atoms with Gasteiger partial charge in [-0.2, -0.15) is 0 Å². The summed E-state index contributed by atoms with van der Waals surface area (Å²) in [7, 11) is 0. The van der Waals surface area contributed by atoms with E-state index in [1.54, 1.807) is 24.3 Å². The minimum absolute atomic E-state index is 0.0899. The van der Waals surface area contributed by atoms with Gasteiger partial charge in [-0.1, -0.05) is 69.0 Å². The molecule has 60 heavy (non-hydrogen) atoms. The van der Waals surface area contributed by atoms with Gasteiger partial charge in [0, 0.05) is 59.1 Å². The number of piperidine rings is 1. The zero-order chi connectivity index (χ0) is 42.5. The molecule has 310 valence electrons. The van der Waals surface area contributed by atoms with Crippen LogP contribution in [0.4, 0.5) is 15.8 Å². The third-order valence-corrected chi connectivity index (χ3v) is 11.5. The lowest BCUT2D eigenvalue weighted by molar-refractivity contribution is -0.125. The Labute approximate surface area is 348 Å². The first kappa shape index (κ1) is 41.5. The fourth-order valence-electron chi connectivity index (χ4n) is 8.18. The van der Waals surface area contributed by atoms with E-state index in [4.69, 9.17) is 0 Å². The highest BCUT2D eigenvalue weighted by molar-refractivity contribution is 6.35. The number of carbonyl (C=O) groups is 6. The van der Waals surface area contributed by atoms with Crippen LogP contribution in [0.15, 0.2) is 72.9 Å². The summed E-state index contributed by atoms with van der Waals surface area (Å²) in [5, 5.41) is 11.7. The summed E-state index contributed by atoms with van der Waals surface area (Å²) in [4.78, 5) is 82.0. The molecule has 7 rings (SSSR count). The molecule has 4 aromatic rings. The van der Waals surface area contributed by atoms with E-state index in [2.05, 4.69) is 32.8 Å². The van der Waals surface area contributed by atoms with Gasteiger partial charge in [-0.05, 0) is 87.1 Å². The van der Waals surface area contributed by atoms with Crippen LogP contribution >= 0.6 is 0 Å². The quantitative estimate of drug-likeness (QED) is 0.0312. The molecule has 4 heterocycles. The summed E-state index contributed by atoms with van der Waals surface area (Å²) in [6.45, 7) is 8.34. The van der Waals surface area contributed by atoms with E-state index in [9.17, 15) is 33.2 Å². The maximum atomic E-state index is 13.9. The van der Waals surface area contributed by atoms with Crippen LogP contribution in [0, 0.1) is 19.7 Å². The maximum Gasteiger partial charge on any atom is 0.264 e. The summed E-state index contributed by atoms with van der Waals surface area (Å²) < 4.78 is 13.9. The van der Waals surface area contributed by atoms with Crippen LogP contribution in [-0.4, -0.2) is 57.8 Å². The van der Waals surface area contributed by atoms with Crippen molar-refractivity contribution in [1.82, 2.24) is 20.5 Å². The normalized spacial score (nSPS) is 16.5. The molecule has 1 atom stereocenters. The second kappa shape index (κ2) is 18.1. The maximum absolute atomic E-state index is 13.9. The van der Waals surface area contributed by atoms with E-state index in [0.29, 0.717) is 83.1 Å². The van der Waals surface area contributed by atoms with Gasteiger partial charge in [-0.25, -0.2) is 4.39 Å². The molecule has 0 bridgehead atoms. The van der Waals surface area contributed by atoms with E-state index in [1.165, 1.54) is 18.2 Å². The largest absolute Gasteiger partial charge is 0.380 e. The number of nitrogens with one attached hydrogen (secondary N) is 5. The van der Waals surface area contributed by atoms with Gasteiger partial charge in [-0.15, -0.1) is 0 Å². The third-order valence-electron chi connectivity index (χ3n) is 11.5. The number of aromatic nitrogens is 1. The monoisotopic (exact) mass is 812 g/mol. The molecule has 5 N–H and O–H groups in total. The molecule has 0 saturated carbocycles. The van der Waals surface area contributed by atoms with Crippen molar-refractivity contribution in [1.29, 1.82) is 0 Å². The van der Waals surface area contributed by atoms with E-state index in [1.807, 2.05) is 38.1 Å². The number of nitrogens with zero attached hydrogens (tertiary/aromatic N) is 1. The molecule has 0 aliphatic carbocycles. The number of H-pyrrole nitrogens is 1. The van der Waals surface area contributed by atoms with Gasteiger partial charge >= 0.3 is 0 Å². The highest BCUT2D eigenvalue weighted by Crippen LogP contribution is 2.35. The lowest BCUT2D eigenvalue weighted by Gasteiger charge is -2.29. The Kier molecular flexibility index (Phi) is 12.5. The highest BCUT2D eigenvalue weighted by Gasteiger charge is 2.45. The Morgan fingerprint density at radius 1 is 0.883 bits per heavy atom. The van der Waals surface area contributed by atoms with E-state index in [0.717, 1.165) is 61.0 Å². The molecule has 3 aliphatic rings. The SMILES string of the molecule is C=C1CCC(N2C(=O)c3cccc(NCc4ccc(C(=O)CCCCCCCCCNC(=O)c5c(C)[nH]c(/C=C6\C(=O)Nc7ccc(F)cc76)c5C)cc4)c3C2=O)C(=O)N1. The molecular weight excluding hydrogens is 764 g/mol. The molecule has 3 aromatic carbocycles. The fourth-order valence-corrected chi connectivity index (χ4v) is 8.18. The number of carbonyl (C=O) groups excluding carboxylic acids is 6. The lowest BCUT2D eigenvalue weighted by atomic mass is 10.0. The van der Waals surface area contributed by atoms with Crippen molar-refractivity contribution < 1.29 is 33.2 Å². The Morgan fingerprint density at radius 3 is 2.37 bits per heavy atom. The van der Waals surface area contributed by atoms with Gasteiger partial charge in [0.15, 0.2) is 5.78 Å². The zero-order valence-corrected chi connectivity index (χ0v) is 33.9. The Morgan fingerprint density at radius 2 is 1.62 bits per heavy atom. The summed E-state index contributed by atoms with van der Waals surface area (Å²) in [5.74, 6) is -2.22. The second-order valence-corrected chi connectivity index (χ2v) is 15.7. The van der Waals surface area contributed by atoms with Crippen molar-refractivity contribution in [3.63, 3.8) is 0 Å². The number of anilines is 2. The summed E-state index contributed by atoms with van der Waals surface area (Å²) in [5.41, 5.74) is 7.12. The van der Waals surface area contributed by atoms with Gasteiger partial charge in [0.2, 0.25) is 5.91 Å². The number of allylic oxidation sites excluding steroid dienone is 1. The Hall–Kier alpha value is -6.63. The van der Waals surface area contributed by atoms with Crippen molar-refractivity contribution in [3.8, 4) is 0 Å². The van der Waals surface area contributed by atoms with Crippen LogP contribution in [-0.2, 0) is 16.1 Å². The number of benzene rings is 3. The first-order valence-electron chi connectivity index (χ1n) is 20.6. The topological polar surface area (TPSA) is 170 Å². The van der Waals surface area contributed by atoms with Crippen molar-refractivity contribution in [2.24, 2.45) is 0 Å². The lowest BCUT2D eigenvalue weighted by Crippen LogP contribution is -2.51. The number of Topliss-reactive ketones (excluding diaryl/α,β-unsaturated/α-hetero) is 1. The minimum atomic E-state index is -0.877. The van der Waals surface area contributed by atoms with Crippen molar-refractivity contribution in [2.45, 2.75) is 90.6 Å². The van der Waals surface area contributed by atoms with Crippen LogP contribution in [0.3, 0.4) is 0 Å². The molecular formula is C47H49FN6O6. The predicted molar refractivity (Wildman–Crippen MR) is 228 cm³/mol. The molecule has 1 saturated heterocycles. The van der Waals surface area contributed by atoms with Crippen molar-refractivity contribution in [2.75, 3.05) is 17.2 Å². The number of hydrogen-bond acceptors (Lipinski definition) is 7. The Balaban J connectivity index is 0.781. The average Bonchev–Trinajstić information content (AvgIpc) is 3.79. The molecule has 1 fully saturated rings. The van der Waals surface area contributed by atoms with E-state index >= 15 is 0 Å². The van der Waals surface area contributed by atoms with Crippen molar-refractivity contribution in [3.05, 3.63) is 129 Å². The number of aryl methyl sites for hydroxylation is 1. The first-order chi connectivity index (χ1) is 28.9. The Bertz CT molecular complexity index is 2430. The highest BCUT2D eigenvalue weighted by atomic mass is 19.1. The number of unbranched alkanes of at least 4 members (excludes halogenated alkanes) is 6. The third kappa shape index (κ3) is 8.85. The van der Waals surface area contributed by atoms with E-state index < -0.39 is 29.6 Å². The van der Waals surface area contributed by atoms with Crippen LogP contribution in [0.25, 0.3) is 11.6 Å². The fraction of sp³-hybridized carbons (Fsp3) is 0.319. The molecule has 1 aromatic heterocycles. The minimum Gasteiger partial charge on any atom is -0.380 e. The van der Waals surface area contributed by atoms with Crippen molar-refractivity contribution >= 4 is 58.3 Å². The van der Waals surface area contributed by atoms with Gasteiger partial charge in [0.05, 0.1) is 22.3 Å². The molecule has 5 amide bonds. The van der Waals surface area contributed by atoms with Gasteiger partial charge < -0.3 is 26.3 Å². The number of halogens is 1. The standard InChI is InChI=1S/C47H49FN6O6/c1-27-15-22-39(44(57)51-27)54-46(59)33-12-11-13-37(42(33)47(54)60)50-26-30-16-18-31(19-17-30)40(55)14-9-7-5-4-6-8-10-23-49-45(58)41-28(2)38(52-29(41)3)25-35-34-24-32(48)20-21-36(34)53-43(35)56/h11-13,16-21,24-25,39,50,52H,1,4-10,14-15,22-23,26H2,2-3H3,(H,49,58)(H,51,57)(H,53,56)/b35-25-. The van der Waals surface area contributed by atoms with Crippen LogP contribution in [0.1, 0.15) is 134 Å². The van der Waals surface area contributed by atoms with E-state index in [-0.39, 0.29) is 28.7 Å². The number of rotatable bonds is 17. The van der Waals surface area contributed by atoms with Gasteiger partial charge in [0.25, 0.3) is 23.6 Å². The van der Waals surface area contributed by atoms with Crippen LogP contribution < -0.4 is 21.3 Å². The summed E-state index contributed by atoms with van der Waals surface area (Å²) in [6, 6.07) is 15.7. The molecule has 12 nitrogen and oxygen atoms in total. The van der Waals surface area contributed by atoms with Crippen LogP contribution in [0.5, 0.6) is 0 Å². The number of hydrogen-bond donors (Lipinski definition) is 5. The molecule has 13 heteroatoms. The molecule has 3 aliphatic heterocycles. The van der Waals surface area contributed by atoms with Gasteiger partial charge in [-0.3, -0.25) is 33.7 Å². The summed E-state index contributed by atoms with van der Waals surface area (Å²) >= 11 is 0. The number of imide groups is 1. The molecule has 0 spiro atoms. The smallest absolute Gasteiger partial charge is 0.264 e. The summed E-state index contributed by atoms with van der Waals surface area (Å²) in [6.07, 6.45) is 9.65. The predicted octanol–water partition coefficient (Wildman–Crippen LogP) is 8.00. The van der Waals surface area contributed by atoms with Crippen LogP contribution in [0.2, 0.25) is 0 Å². The average molecular weight is 813 g/mol. The van der Waals surface area contributed by atoms with Gasteiger partial charge in [0.1, 0.15) is 11.9 Å². The number of amides is 5. The number of fused-ring (bicyclic) bond motifs is 2. The molecule has 0 radical (unpaired) electrons. The number of aromatic amines is 1. The first-order valence-corrected chi connectivity index (χ1v) is 20.6. The zero-order valence-electron chi connectivity index (χ0n) is 33.9. The number of ketones is 1.